The molecule has 0 aliphatic rings. The van der Waals surface area contributed by atoms with E-state index in [1.54, 1.807) is 30.3 Å². The van der Waals surface area contributed by atoms with Crippen molar-refractivity contribution in [3.8, 4) is 22.9 Å². The van der Waals surface area contributed by atoms with Gasteiger partial charge in [0.05, 0.1) is 16.7 Å². The van der Waals surface area contributed by atoms with Crippen molar-refractivity contribution in [2.75, 3.05) is 6.61 Å². The summed E-state index contributed by atoms with van der Waals surface area (Å²) in [5.74, 6) is 1.05. The molecule has 0 radical (unpaired) electrons. The molecule has 7 nitrogen and oxygen atoms in total. The standard InChI is InChI=1S/C22H19N3O4S/c1-3-12-28-16-10-8-15(9-11-16)13-19-21(27)25-22(30-19)23-20(24-25)17-6-4-5-7-18(17)29-14(2)26/h4-11,13H,3,12H2,1-2H3/b19-13-. The number of carbonyl (C=O) groups excluding carboxylic acids is 1. The fourth-order valence-corrected chi connectivity index (χ4v) is 3.78. The van der Waals surface area contributed by atoms with Gasteiger partial charge in [-0.05, 0) is 42.3 Å². The summed E-state index contributed by atoms with van der Waals surface area (Å²) >= 11 is 1.25. The van der Waals surface area contributed by atoms with Gasteiger partial charge in [-0.2, -0.15) is 9.50 Å². The molecule has 0 amide bonds. The molecule has 4 rings (SSSR count). The highest BCUT2D eigenvalue weighted by molar-refractivity contribution is 7.15. The van der Waals surface area contributed by atoms with Gasteiger partial charge in [-0.3, -0.25) is 9.59 Å². The first kappa shape index (κ1) is 19.8. The third-order valence-corrected chi connectivity index (χ3v) is 5.17. The first-order valence-electron chi connectivity index (χ1n) is 9.47. The van der Waals surface area contributed by atoms with E-state index in [0.717, 1.165) is 17.7 Å². The SMILES string of the molecule is CCCOc1ccc(/C=c2\sc3nc(-c4ccccc4OC(C)=O)nn3c2=O)cc1. The van der Waals surface area contributed by atoms with Gasteiger partial charge in [-0.1, -0.05) is 42.5 Å². The molecule has 0 atom stereocenters. The van der Waals surface area contributed by atoms with Crippen LogP contribution in [0.4, 0.5) is 0 Å². The van der Waals surface area contributed by atoms with E-state index in [4.69, 9.17) is 9.47 Å². The average Bonchev–Trinajstić information content (AvgIpc) is 3.27. The van der Waals surface area contributed by atoms with Gasteiger partial charge in [-0.15, -0.1) is 5.10 Å². The van der Waals surface area contributed by atoms with E-state index in [1.807, 2.05) is 24.3 Å². The first-order chi connectivity index (χ1) is 14.5. The molecule has 0 fully saturated rings. The number of hydrogen-bond acceptors (Lipinski definition) is 7. The van der Waals surface area contributed by atoms with Gasteiger partial charge in [0, 0.05) is 6.92 Å². The van der Waals surface area contributed by atoms with Crippen LogP contribution in [-0.4, -0.2) is 27.2 Å². The highest BCUT2D eigenvalue weighted by Crippen LogP contribution is 2.27. The second kappa shape index (κ2) is 8.46. The molecule has 0 bridgehead atoms. The maximum absolute atomic E-state index is 12.8. The quantitative estimate of drug-likeness (QED) is 0.351. The van der Waals surface area contributed by atoms with Crippen molar-refractivity contribution in [2.24, 2.45) is 0 Å². The van der Waals surface area contributed by atoms with E-state index >= 15 is 0 Å². The van der Waals surface area contributed by atoms with Crippen LogP contribution >= 0.6 is 11.3 Å². The van der Waals surface area contributed by atoms with Gasteiger partial charge in [0.2, 0.25) is 4.96 Å². The predicted octanol–water partition coefficient (Wildman–Crippen LogP) is 3.08. The Balaban J connectivity index is 1.67. The summed E-state index contributed by atoms with van der Waals surface area (Å²) in [4.78, 5) is 29.0. The number of carbonyl (C=O) groups is 1. The van der Waals surface area contributed by atoms with E-state index in [-0.39, 0.29) is 5.56 Å². The van der Waals surface area contributed by atoms with Crippen LogP contribution in [-0.2, 0) is 4.79 Å². The fourth-order valence-electron chi connectivity index (χ4n) is 2.87. The van der Waals surface area contributed by atoms with Crippen molar-refractivity contribution in [2.45, 2.75) is 20.3 Å². The van der Waals surface area contributed by atoms with Crippen LogP contribution in [0.15, 0.2) is 53.3 Å². The highest BCUT2D eigenvalue weighted by atomic mass is 32.1. The third kappa shape index (κ3) is 4.08. The van der Waals surface area contributed by atoms with Gasteiger partial charge in [0.1, 0.15) is 11.5 Å². The summed E-state index contributed by atoms with van der Waals surface area (Å²) in [6.45, 7) is 4.06. The van der Waals surface area contributed by atoms with E-state index in [2.05, 4.69) is 17.0 Å². The fraction of sp³-hybridized carbons (Fsp3) is 0.182. The number of ether oxygens (including phenoxy) is 2. The van der Waals surface area contributed by atoms with Gasteiger partial charge in [-0.25, -0.2) is 0 Å². The van der Waals surface area contributed by atoms with E-state index in [1.165, 1.54) is 22.8 Å². The molecule has 30 heavy (non-hydrogen) atoms. The minimum absolute atomic E-state index is 0.245. The average molecular weight is 421 g/mol. The Morgan fingerprint density at radius 1 is 1.17 bits per heavy atom. The third-order valence-electron chi connectivity index (χ3n) is 4.21. The van der Waals surface area contributed by atoms with Crippen LogP contribution in [0.1, 0.15) is 25.8 Å². The van der Waals surface area contributed by atoms with Crippen molar-refractivity contribution < 1.29 is 14.3 Å². The zero-order chi connectivity index (χ0) is 21.1. The molecule has 0 spiro atoms. The molecular weight excluding hydrogens is 402 g/mol. The Hall–Kier alpha value is -3.52. The van der Waals surface area contributed by atoms with Crippen LogP contribution in [0.25, 0.3) is 22.4 Å². The summed E-state index contributed by atoms with van der Waals surface area (Å²) < 4.78 is 12.6. The minimum Gasteiger partial charge on any atom is -0.494 e. The summed E-state index contributed by atoms with van der Waals surface area (Å²) in [7, 11) is 0. The first-order valence-corrected chi connectivity index (χ1v) is 10.3. The zero-order valence-corrected chi connectivity index (χ0v) is 17.3. The normalized spacial score (nSPS) is 11.7. The number of hydrogen-bond donors (Lipinski definition) is 0. The molecule has 2 aromatic carbocycles. The monoisotopic (exact) mass is 421 g/mol. The second-order valence-corrected chi connectivity index (χ2v) is 7.56. The Morgan fingerprint density at radius 2 is 1.93 bits per heavy atom. The molecule has 152 valence electrons. The number of fused-ring (bicyclic) bond motifs is 1. The molecule has 0 aliphatic heterocycles. The van der Waals surface area contributed by atoms with Crippen molar-refractivity contribution >= 4 is 28.3 Å². The van der Waals surface area contributed by atoms with Crippen molar-refractivity contribution in [3.05, 3.63) is 69.0 Å². The van der Waals surface area contributed by atoms with Crippen LogP contribution in [0, 0.1) is 0 Å². The molecule has 0 saturated heterocycles. The number of benzene rings is 2. The second-order valence-electron chi connectivity index (χ2n) is 6.55. The van der Waals surface area contributed by atoms with Crippen molar-refractivity contribution in [1.29, 1.82) is 0 Å². The van der Waals surface area contributed by atoms with Crippen LogP contribution in [0.5, 0.6) is 11.5 Å². The molecule has 4 aromatic rings. The smallest absolute Gasteiger partial charge is 0.308 e. The lowest BCUT2D eigenvalue weighted by Crippen LogP contribution is -2.23. The Kier molecular flexibility index (Phi) is 5.58. The largest absolute Gasteiger partial charge is 0.494 e. The highest BCUT2D eigenvalue weighted by Gasteiger charge is 2.16. The summed E-state index contributed by atoms with van der Waals surface area (Å²) in [5, 5.41) is 4.33. The van der Waals surface area contributed by atoms with Gasteiger partial charge in [0.15, 0.2) is 5.82 Å². The predicted molar refractivity (Wildman–Crippen MR) is 115 cm³/mol. The van der Waals surface area contributed by atoms with Crippen LogP contribution in [0.3, 0.4) is 0 Å². The summed E-state index contributed by atoms with van der Waals surface area (Å²) in [5.41, 5.74) is 1.20. The number of nitrogens with zero attached hydrogens (tertiary/aromatic N) is 3. The number of thiazole rings is 1. The Bertz CT molecular complexity index is 1310. The van der Waals surface area contributed by atoms with E-state index in [0.29, 0.717) is 33.2 Å². The van der Waals surface area contributed by atoms with Gasteiger partial charge >= 0.3 is 5.97 Å². The molecular formula is C22H19N3O4S. The molecule has 0 aliphatic carbocycles. The van der Waals surface area contributed by atoms with Crippen LogP contribution in [0.2, 0.25) is 0 Å². The van der Waals surface area contributed by atoms with E-state index < -0.39 is 5.97 Å². The molecule has 0 saturated carbocycles. The van der Waals surface area contributed by atoms with Gasteiger partial charge < -0.3 is 9.47 Å². The van der Waals surface area contributed by atoms with Crippen molar-refractivity contribution in [3.63, 3.8) is 0 Å². The maximum atomic E-state index is 12.8. The zero-order valence-electron chi connectivity index (χ0n) is 16.5. The number of esters is 1. The van der Waals surface area contributed by atoms with E-state index in [9.17, 15) is 9.59 Å². The molecule has 2 aromatic heterocycles. The molecule has 0 N–H and O–H groups in total. The minimum atomic E-state index is -0.434. The Labute approximate surface area is 176 Å². The molecule has 2 heterocycles. The van der Waals surface area contributed by atoms with Gasteiger partial charge in [0.25, 0.3) is 5.56 Å². The summed E-state index contributed by atoms with van der Waals surface area (Å²) in [6, 6.07) is 14.5. The van der Waals surface area contributed by atoms with Crippen LogP contribution < -0.4 is 19.6 Å². The summed E-state index contributed by atoms with van der Waals surface area (Å²) in [6.07, 6.45) is 2.75. The lowest BCUT2D eigenvalue weighted by atomic mass is 10.2. The topological polar surface area (TPSA) is 82.8 Å². The number of rotatable bonds is 6. The maximum Gasteiger partial charge on any atom is 0.308 e. The molecule has 8 heteroatoms. The Morgan fingerprint density at radius 3 is 2.63 bits per heavy atom. The lowest BCUT2D eigenvalue weighted by molar-refractivity contribution is -0.131. The lowest BCUT2D eigenvalue weighted by Gasteiger charge is -2.04. The number of aromatic nitrogens is 3. The molecule has 0 unspecified atom stereocenters. The van der Waals surface area contributed by atoms with Crippen molar-refractivity contribution in [1.82, 2.24) is 14.6 Å². The number of para-hydroxylation sites is 1.